The predicted molar refractivity (Wildman–Crippen MR) is 155 cm³/mol. The second-order valence-corrected chi connectivity index (χ2v) is 13.0. The van der Waals surface area contributed by atoms with Crippen molar-refractivity contribution in [2.24, 2.45) is 17.1 Å². The van der Waals surface area contributed by atoms with Crippen LogP contribution in [0.5, 0.6) is 5.75 Å². The summed E-state index contributed by atoms with van der Waals surface area (Å²) >= 11 is 0. The highest BCUT2D eigenvalue weighted by atomic mass is 16.7. The van der Waals surface area contributed by atoms with E-state index in [1.807, 2.05) is 0 Å². The Labute approximate surface area is 250 Å². The Morgan fingerprint density at radius 1 is 1.14 bits per heavy atom. The number of likely N-dealkylation sites (N-methyl/N-ethyl adjacent to an activating group) is 1. The van der Waals surface area contributed by atoms with Gasteiger partial charge in [0.05, 0.1) is 23.8 Å². The summed E-state index contributed by atoms with van der Waals surface area (Å²) in [6.07, 6.45) is -3.16. The maximum Gasteiger partial charge on any atom is 0.514 e. The van der Waals surface area contributed by atoms with Gasteiger partial charge in [0.25, 0.3) is 5.91 Å². The molecule has 13 heteroatoms. The molecule has 0 spiro atoms. The molecule has 0 fully saturated rings. The smallest absolute Gasteiger partial charge is 0.510 e. The van der Waals surface area contributed by atoms with E-state index in [1.54, 1.807) is 59.9 Å². The van der Waals surface area contributed by atoms with E-state index >= 15 is 0 Å². The average Bonchev–Trinajstić information content (AvgIpc) is 2.84. The molecule has 1 aromatic rings. The number of anilines is 1. The fourth-order valence-corrected chi connectivity index (χ4v) is 6.90. The summed E-state index contributed by atoms with van der Waals surface area (Å²) < 4.78 is 16.4. The molecule has 0 saturated carbocycles. The van der Waals surface area contributed by atoms with Crippen LogP contribution < -0.4 is 15.4 Å². The first kappa shape index (κ1) is 32.3. The van der Waals surface area contributed by atoms with Crippen LogP contribution in [0.4, 0.5) is 10.5 Å². The number of methoxy groups -OCH3 is 1. The van der Waals surface area contributed by atoms with Gasteiger partial charge in [-0.1, -0.05) is 0 Å². The Morgan fingerprint density at radius 3 is 2.28 bits per heavy atom. The van der Waals surface area contributed by atoms with Gasteiger partial charge in [0.2, 0.25) is 0 Å². The molecule has 1 amide bonds. The van der Waals surface area contributed by atoms with Gasteiger partial charge in [0.15, 0.2) is 11.4 Å². The molecule has 4 rings (SSSR count). The van der Waals surface area contributed by atoms with Crippen LogP contribution in [0.3, 0.4) is 0 Å². The zero-order valence-electron chi connectivity index (χ0n) is 25.7. The minimum absolute atomic E-state index is 0.0321. The lowest BCUT2D eigenvalue weighted by Crippen LogP contribution is -2.67. The molecule has 0 bridgehead atoms. The summed E-state index contributed by atoms with van der Waals surface area (Å²) in [6, 6.07) is 2.07. The third kappa shape index (κ3) is 5.03. The number of carbonyl (C=O) groups is 3. The second kappa shape index (κ2) is 10.8. The van der Waals surface area contributed by atoms with Gasteiger partial charge < -0.3 is 45.3 Å². The molecular weight excluding hydrogens is 562 g/mol. The van der Waals surface area contributed by atoms with E-state index < -0.39 is 69.6 Å². The number of benzene rings is 1. The fraction of sp³-hybridized carbons (Fsp3) is 0.567. The van der Waals surface area contributed by atoms with Crippen LogP contribution in [0.2, 0.25) is 0 Å². The Kier molecular flexibility index (Phi) is 8.11. The lowest BCUT2D eigenvalue weighted by molar-refractivity contribution is -0.152. The number of nitrogens with two attached hydrogens (primary N) is 1. The van der Waals surface area contributed by atoms with Gasteiger partial charge in [-0.05, 0) is 65.4 Å². The molecule has 0 saturated heterocycles. The molecule has 6 N–H and O–H groups in total. The van der Waals surface area contributed by atoms with E-state index in [-0.39, 0.29) is 36.3 Å². The van der Waals surface area contributed by atoms with Crippen LogP contribution in [0.25, 0.3) is 0 Å². The number of hydrogen-bond acceptors (Lipinski definition) is 12. The number of ketones is 1. The summed E-state index contributed by atoms with van der Waals surface area (Å²) in [5.74, 6) is -4.60. The summed E-state index contributed by atoms with van der Waals surface area (Å²) in [5, 5.41) is 46.4. The topological polar surface area (TPSA) is 192 Å². The monoisotopic (exact) mass is 603 g/mol. The number of carbonyl (C=O) groups excluding carboxylic acids is 3. The van der Waals surface area contributed by atoms with Crippen molar-refractivity contribution in [3.8, 4) is 5.75 Å². The molecule has 0 aliphatic heterocycles. The summed E-state index contributed by atoms with van der Waals surface area (Å²) in [6.45, 7) is 4.90. The van der Waals surface area contributed by atoms with Crippen LogP contribution in [-0.2, 0) is 20.7 Å². The van der Waals surface area contributed by atoms with Gasteiger partial charge in [0.1, 0.15) is 29.0 Å². The average molecular weight is 604 g/mol. The number of Topliss-reactive ketones (excluding diaryl/α,β-unsaturated/α-hetero) is 1. The van der Waals surface area contributed by atoms with Crippen molar-refractivity contribution in [3.05, 3.63) is 45.9 Å². The third-order valence-electron chi connectivity index (χ3n) is 8.48. The van der Waals surface area contributed by atoms with Gasteiger partial charge in [-0.15, -0.1) is 0 Å². The first-order valence-electron chi connectivity index (χ1n) is 13.8. The number of ether oxygens (including phenoxy) is 3. The Bertz CT molecular complexity index is 1430. The number of primary amides is 1. The van der Waals surface area contributed by atoms with Crippen LogP contribution in [-0.4, -0.2) is 108 Å². The number of rotatable bonds is 6. The first-order chi connectivity index (χ1) is 19.8. The van der Waals surface area contributed by atoms with Gasteiger partial charge in [-0.25, -0.2) is 4.79 Å². The maximum atomic E-state index is 14.5. The summed E-state index contributed by atoms with van der Waals surface area (Å²) in [7, 11) is 8.20. The SMILES string of the molecule is COC[C@@]12Cc3c(N(C)C)ccc(OC(=O)OC(C)(C)C)c3C(=O)C1=C(O)[C@]1(O)C(O)C(C(N)=O)=C(O)[C@@H](N(C)C)[C@@H]1C2. The first-order valence-corrected chi connectivity index (χ1v) is 13.8. The highest BCUT2D eigenvalue weighted by molar-refractivity contribution is 6.15. The van der Waals surface area contributed by atoms with Crippen LogP contribution in [0, 0.1) is 11.3 Å². The minimum Gasteiger partial charge on any atom is -0.510 e. The van der Waals surface area contributed by atoms with Crippen molar-refractivity contribution in [2.75, 3.05) is 46.8 Å². The Morgan fingerprint density at radius 2 is 1.77 bits per heavy atom. The minimum atomic E-state index is -2.59. The molecule has 236 valence electrons. The van der Waals surface area contributed by atoms with E-state index in [2.05, 4.69) is 0 Å². The number of aliphatic hydroxyl groups is 4. The molecule has 13 nitrogen and oxygen atoms in total. The van der Waals surface area contributed by atoms with Crippen molar-refractivity contribution in [3.63, 3.8) is 0 Å². The zero-order chi connectivity index (χ0) is 32.4. The fourth-order valence-electron chi connectivity index (χ4n) is 6.90. The van der Waals surface area contributed by atoms with Crippen LogP contribution in [0.1, 0.15) is 43.1 Å². The van der Waals surface area contributed by atoms with Crippen LogP contribution in [0.15, 0.2) is 34.8 Å². The Balaban J connectivity index is 2.02. The lowest BCUT2D eigenvalue weighted by Gasteiger charge is -2.56. The van der Waals surface area contributed by atoms with Gasteiger partial charge >= 0.3 is 6.16 Å². The highest BCUT2D eigenvalue weighted by Crippen LogP contribution is 2.59. The van der Waals surface area contributed by atoms with Crippen molar-refractivity contribution in [1.29, 1.82) is 0 Å². The number of hydrogen-bond donors (Lipinski definition) is 5. The van der Waals surface area contributed by atoms with Gasteiger partial charge in [-0.3, -0.25) is 14.5 Å². The lowest BCUT2D eigenvalue weighted by atomic mass is 9.52. The number of fused-ring (bicyclic) bond motifs is 3. The Hall–Kier alpha value is -3.65. The quantitative estimate of drug-likeness (QED) is 0.233. The number of aliphatic hydroxyl groups excluding tert-OH is 3. The molecule has 5 atom stereocenters. The van der Waals surface area contributed by atoms with Crippen LogP contribution >= 0.6 is 0 Å². The molecule has 1 aromatic carbocycles. The van der Waals surface area contributed by atoms with Crippen molar-refractivity contribution < 1.29 is 49.0 Å². The standard InChI is InChI=1S/C30H41N3O10/c1-28(2,3)43-27(39)42-17-10-9-16(32(4)5)14-11-29(13-41-8)12-15-21(33(6)7)23(35)19(26(31)38)24(36)30(15,40)25(37)20(29)22(34)18(14)17/h9-10,15,21,24,35-37,40H,11-13H2,1-8H3,(H2,31,38)/t15-,21-,24?,29-,30+/m0/s1. The van der Waals surface area contributed by atoms with E-state index in [4.69, 9.17) is 19.9 Å². The van der Waals surface area contributed by atoms with E-state index in [0.29, 0.717) is 11.3 Å². The zero-order valence-corrected chi connectivity index (χ0v) is 25.7. The maximum absolute atomic E-state index is 14.5. The predicted octanol–water partition coefficient (Wildman–Crippen LogP) is 1.60. The normalized spacial score (nSPS) is 28.7. The van der Waals surface area contributed by atoms with E-state index in [9.17, 15) is 34.8 Å². The van der Waals surface area contributed by atoms with E-state index in [0.717, 1.165) is 0 Å². The van der Waals surface area contributed by atoms with Crippen molar-refractivity contribution in [1.82, 2.24) is 4.90 Å². The van der Waals surface area contributed by atoms with Gasteiger partial charge in [-0.2, -0.15) is 0 Å². The molecule has 3 aliphatic carbocycles. The molecule has 0 radical (unpaired) electrons. The largest absolute Gasteiger partial charge is 0.514 e. The number of nitrogens with zero attached hydrogens (tertiary/aromatic N) is 2. The third-order valence-corrected chi connectivity index (χ3v) is 8.48. The second-order valence-electron chi connectivity index (χ2n) is 13.0. The molecular formula is C30H41N3O10. The van der Waals surface area contributed by atoms with Crippen molar-refractivity contribution >= 4 is 23.5 Å². The van der Waals surface area contributed by atoms with E-state index in [1.165, 1.54) is 18.1 Å². The molecule has 43 heavy (non-hydrogen) atoms. The van der Waals surface area contributed by atoms with Crippen molar-refractivity contribution in [2.45, 2.75) is 57.0 Å². The summed E-state index contributed by atoms with van der Waals surface area (Å²) in [4.78, 5) is 42.9. The molecule has 0 aromatic heterocycles. The number of amides is 1. The summed E-state index contributed by atoms with van der Waals surface area (Å²) in [5.41, 5.74) is 0.957. The highest BCUT2D eigenvalue weighted by Gasteiger charge is 2.66. The molecule has 3 aliphatic rings. The molecule has 1 unspecified atom stereocenters. The van der Waals surface area contributed by atoms with Gasteiger partial charge in [0, 0.05) is 43.8 Å². The molecule has 0 heterocycles.